The molecule has 5 rings (SSSR count). The Labute approximate surface area is 174 Å². The fourth-order valence-corrected chi connectivity index (χ4v) is 3.79. The summed E-state index contributed by atoms with van der Waals surface area (Å²) in [5, 5.41) is 14.5. The number of benzene rings is 4. The van der Waals surface area contributed by atoms with E-state index in [1.165, 1.54) is 0 Å². The van der Waals surface area contributed by atoms with E-state index in [1.54, 1.807) is 4.80 Å². The summed E-state index contributed by atoms with van der Waals surface area (Å²) in [6.07, 6.45) is 0. The zero-order chi connectivity index (χ0) is 20.7. The number of hydrogen-bond acceptors (Lipinski definition) is 3. The second-order valence-electron chi connectivity index (χ2n) is 7.52. The predicted molar refractivity (Wildman–Crippen MR) is 120 cm³/mol. The van der Waals surface area contributed by atoms with Crippen molar-refractivity contribution in [3.05, 3.63) is 95.6 Å². The third-order valence-corrected chi connectivity index (χ3v) is 5.10. The van der Waals surface area contributed by atoms with Crippen molar-refractivity contribution in [3.8, 4) is 5.69 Å². The summed E-state index contributed by atoms with van der Waals surface area (Å²) in [4.78, 5) is 14.3. The molecular formula is C25H20N4O. The lowest BCUT2D eigenvalue weighted by Gasteiger charge is -2.07. The molecule has 0 radical (unpaired) electrons. The second-order valence-corrected chi connectivity index (χ2v) is 7.52. The fraction of sp³-hybridized carbons (Fsp3) is 0.0800. The molecule has 0 aliphatic carbocycles. The van der Waals surface area contributed by atoms with E-state index < -0.39 is 0 Å². The highest BCUT2D eigenvalue weighted by Gasteiger charge is 2.11. The van der Waals surface area contributed by atoms with Crippen molar-refractivity contribution in [2.45, 2.75) is 13.8 Å². The van der Waals surface area contributed by atoms with Gasteiger partial charge in [-0.25, -0.2) is 0 Å². The van der Waals surface area contributed by atoms with E-state index in [4.69, 9.17) is 0 Å². The number of nitrogens with one attached hydrogen (secondary N) is 1. The van der Waals surface area contributed by atoms with Gasteiger partial charge in [0.05, 0.1) is 5.69 Å². The molecule has 0 spiro atoms. The topological polar surface area (TPSA) is 59.8 Å². The van der Waals surface area contributed by atoms with Crippen LogP contribution in [-0.2, 0) is 0 Å². The number of rotatable bonds is 3. The lowest BCUT2D eigenvalue weighted by Crippen LogP contribution is -2.12. The summed E-state index contributed by atoms with van der Waals surface area (Å²) < 4.78 is 0. The molecule has 0 aliphatic heterocycles. The highest BCUT2D eigenvalue weighted by atomic mass is 16.1. The van der Waals surface area contributed by atoms with Gasteiger partial charge in [-0.05, 0) is 55.6 Å². The number of carbonyl (C=O) groups is 1. The van der Waals surface area contributed by atoms with Crippen LogP contribution in [0, 0.1) is 13.8 Å². The Morgan fingerprint density at radius 1 is 0.800 bits per heavy atom. The fourth-order valence-electron chi connectivity index (χ4n) is 3.79. The minimum atomic E-state index is -0.136. The van der Waals surface area contributed by atoms with E-state index in [0.717, 1.165) is 38.6 Å². The zero-order valence-corrected chi connectivity index (χ0v) is 16.8. The van der Waals surface area contributed by atoms with E-state index in [1.807, 2.05) is 68.4 Å². The van der Waals surface area contributed by atoms with Crippen molar-refractivity contribution in [2.75, 3.05) is 5.32 Å². The Kier molecular flexibility index (Phi) is 4.29. The number of fused-ring (bicyclic) bond motifs is 2. The quantitative estimate of drug-likeness (QED) is 0.445. The minimum Gasteiger partial charge on any atom is -0.322 e. The minimum absolute atomic E-state index is 0.136. The molecule has 1 amide bonds. The smallest absolute Gasteiger partial charge is 0.255 e. The van der Waals surface area contributed by atoms with Gasteiger partial charge in [0.2, 0.25) is 0 Å². The zero-order valence-electron chi connectivity index (χ0n) is 16.8. The van der Waals surface area contributed by atoms with Crippen molar-refractivity contribution in [1.82, 2.24) is 15.0 Å². The van der Waals surface area contributed by atoms with Crippen molar-refractivity contribution < 1.29 is 4.79 Å². The summed E-state index contributed by atoms with van der Waals surface area (Å²) in [5.41, 5.74) is 5.88. The molecule has 0 bridgehead atoms. The number of anilines is 1. The molecule has 0 unspecified atom stereocenters. The SMILES string of the molecule is Cc1cc(C)cc(C(=O)Nc2ccc3nn(-c4cccc5ccccc45)nc3c2)c1. The largest absolute Gasteiger partial charge is 0.322 e. The molecule has 1 aromatic heterocycles. The van der Waals surface area contributed by atoms with E-state index in [9.17, 15) is 4.79 Å². The Balaban J connectivity index is 1.49. The Morgan fingerprint density at radius 3 is 2.37 bits per heavy atom. The summed E-state index contributed by atoms with van der Waals surface area (Å²) in [6.45, 7) is 3.98. The van der Waals surface area contributed by atoms with E-state index in [2.05, 4.69) is 39.8 Å². The molecule has 0 saturated carbocycles. The van der Waals surface area contributed by atoms with Crippen LogP contribution >= 0.6 is 0 Å². The van der Waals surface area contributed by atoms with Crippen LogP contribution in [0.15, 0.2) is 78.9 Å². The summed E-state index contributed by atoms with van der Waals surface area (Å²) in [6, 6.07) is 25.6. The van der Waals surface area contributed by atoms with Crippen LogP contribution in [0.2, 0.25) is 0 Å². The van der Waals surface area contributed by atoms with Crippen molar-refractivity contribution >= 4 is 33.4 Å². The van der Waals surface area contributed by atoms with Crippen LogP contribution in [0.5, 0.6) is 0 Å². The van der Waals surface area contributed by atoms with Gasteiger partial charge in [-0.2, -0.15) is 0 Å². The number of carbonyl (C=O) groups excluding carboxylic acids is 1. The van der Waals surface area contributed by atoms with Crippen molar-refractivity contribution in [2.24, 2.45) is 0 Å². The lowest BCUT2D eigenvalue weighted by atomic mass is 10.1. The van der Waals surface area contributed by atoms with Gasteiger partial charge in [0.15, 0.2) is 0 Å². The number of hydrogen-bond donors (Lipinski definition) is 1. The standard InChI is InChI=1S/C25H20N4O/c1-16-12-17(2)14-19(13-16)25(30)26-20-10-11-22-23(15-20)28-29(27-22)24-9-5-7-18-6-3-4-8-21(18)24/h3-15H,1-2H3,(H,26,30). The predicted octanol–water partition coefficient (Wildman–Crippen LogP) is 5.44. The number of aromatic nitrogens is 3. The third-order valence-electron chi connectivity index (χ3n) is 5.10. The number of nitrogens with zero attached hydrogens (tertiary/aromatic N) is 3. The third kappa shape index (κ3) is 3.31. The lowest BCUT2D eigenvalue weighted by molar-refractivity contribution is 0.102. The van der Waals surface area contributed by atoms with Gasteiger partial charge < -0.3 is 5.32 Å². The molecule has 5 heteroatoms. The molecule has 0 saturated heterocycles. The Bertz CT molecular complexity index is 1390. The molecule has 0 aliphatic rings. The average Bonchev–Trinajstić information content (AvgIpc) is 3.16. The highest BCUT2D eigenvalue weighted by molar-refractivity contribution is 6.05. The van der Waals surface area contributed by atoms with Gasteiger partial charge in [0, 0.05) is 16.6 Å². The molecular weight excluding hydrogens is 372 g/mol. The van der Waals surface area contributed by atoms with Gasteiger partial charge in [0.1, 0.15) is 11.0 Å². The van der Waals surface area contributed by atoms with Gasteiger partial charge >= 0.3 is 0 Å². The van der Waals surface area contributed by atoms with Crippen LogP contribution in [0.3, 0.4) is 0 Å². The first-order valence-electron chi connectivity index (χ1n) is 9.82. The van der Waals surface area contributed by atoms with Crippen LogP contribution < -0.4 is 5.32 Å². The first-order valence-corrected chi connectivity index (χ1v) is 9.82. The molecule has 5 aromatic rings. The summed E-state index contributed by atoms with van der Waals surface area (Å²) in [5.74, 6) is -0.136. The van der Waals surface area contributed by atoms with E-state index >= 15 is 0 Å². The highest BCUT2D eigenvalue weighted by Crippen LogP contribution is 2.23. The Hall–Kier alpha value is -3.99. The summed E-state index contributed by atoms with van der Waals surface area (Å²) >= 11 is 0. The van der Waals surface area contributed by atoms with Crippen LogP contribution in [-0.4, -0.2) is 20.9 Å². The van der Waals surface area contributed by atoms with Gasteiger partial charge in [0.25, 0.3) is 5.91 Å². The molecule has 1 heterocycles. The maximum atomic E-state index is 12.7. The number of amides is 1. The van der Waals surface area contributed by atoms with Crippen LogP contribution in [0.25, 0.3) is 27.5 Å². The van der Waals surface area contributed by atoms with E-state index in [-0.39, 0.29) is 5.91 Å². The van der Waals surface area contributed by atoms with Crippen LogP contribution in [0.1, 0.15) is 21.5 Å². The number of aryl methyl sites for hydroxylation is 2. The normalized spacial score (nSPS) is 11.1. The van der Waals surface area contributed by atoms with Gasteiger partial charge in [-0.1, -0.05) is 53.6 Å². The Morgan fingerprint density at radius 2 is 1.53 bits per heavy atom. The van der Waals surface area contributed by atoms with E-state index in [0.29, 0.717) is 11.3 Å². The first-order chi connectivity index (χ1) is 14.6. The molecule has 30 heavy (non-hydrogen) atoms. The molecule has 146 valence electrons. The molecule has 5 nitrogen and oxygen atoms in total. The molecule has 1 N–H and O–H groups in total. The summed E-state index contributed by atoms with van der Waals surface area (Å²) in [7, 11) is 0. The monoisotopic (exact) mass is 392 g/mol. The van der Waals surface area contributed by atoms with Crippen molar-refractivity contribution in [3.63, 3.8) is 0 Å². The van der Waals surface area contributed by atoms with Crippen LogP contribution in [0.4, 0.5) is 5.69 Å². The molecule has 0 atom stereocenters. The first kappa shape index (κ1) is 18.1. The second kappa shape index (κ2) is 7.12. The maximum Gasteiger partial charge on any atom is 0.255 e. The van der Waals surface area contributed by atoms with Gasteiger partial charge in [-0.3, -0.25) is 4.79 Å². The molecule has 4 aromatic carbocycles. The molecule has 0 fully saturated rings. The van der Waals surface area contributed by atoms with Crippen molar-refractivity contribution in [1.29, 1.82) is 0 Å². The average molecular weight is 392 g/mol. The van der Waals surface area contributed by atoms with Gasteiger partial charge in [-0.15, -0.1) is 15.0 Å². The maximum absolute atomic E-state index is 12.7.